The summed E-state index contributed by atoms with van der Waals surface area (Å²) in [5.74, 6) is -4.65. The average molecular weight is 1620 g/mol. The van der Waals surface area contributed by atoms with E-state index in [0.29, 0.717) is 37.1 Å². The van der Waals surface area contributed by atoms with Crippen LogP contribution in [0.1, 0.15) is 193 Å². The third-order valence-electron chi connectivity index (χ3n) is 23.0. The highest BCUT2D eigenvalue weighted by atomic mass is 32.2. The standard InChI is InChI=1S/C30H37N5O5S.C27H31N3O5S.C27H29N3O5S.CH4.B/c1-19(36)31-34(4)30(38)23-16-21-12-8-9-13-24(21)28-27(20-10-6-5-7-11-20)25-15-14-22(17-26(25)35(28)18-23)29(37)32-41(39,40)33(2)3;2*1-29(2)36(34,35)28-26(31)19-12-13-22-23(15-19)30-16-20(27(32)33)14-18-10-6-7-11-21(18)25(30)24(22)17-8-4-3-5-9-17;;/h8-9,12-15,17,20,23H,5-7,10-11,16,18H2,1-4H3,(H,31,36)(H,32,37);6-7,10-13,15,17,20H,3-5,8-9,14,16H2,1-2H3,(H,28,31)(H,32,33);6-7,10-15,17H,3-5,8-9,16H2,1-2H3,(H,28,31)(H,32,33);1H4;. The fourth-order valence-electron chi connectivity index (χ4n) is 17.4. The van der Waals surface area contributed by atoms with Gasteiger partial charge in [0, 0.05) is 144 Å². The van der Waals surface area contributed by atoms with Gasteiger partial charge in [0.2, 0.25) is 11.8 Å². The zero-order valence-electron chi connectivity index (χ0n) is 65.4. The van der Waals surface area contributed by atoms with Crippen LogP contribution < -0.4 is 19.6 Å². The normalized spacial score (nSPS) is 17.1. The summed E-state index contributed by atoms with van der Waals surface area (Å²) in [6, 6.07) is 39.7. The lowest BCUT2D eigenvalue weighted by Gasteiger charge is -2.24. The second-order valence-electron chi connectivity index (χ2n) is 31.0. The van der Waals surface area contributed by atoms with E-state index in [9.17, 15) is 69.0 Å². The zero-order chi connectivity index (χ0) is 80.7. The van der Waals surface area contributed by atoms with Crippen molar-refractivity contribution < 1.29 is 69.0 Å². The summed E-state index contributed by atoms with van der Waals surface area (Å²) >= 11 is 0. The van der Waals surface area contributed by atoms with E-state index in [1.54, 1.807) is 49.5 Å². The maximum Gasteiger partial charge on any atom is 0.333 e. The van der Waals surface area contributed by atoms with Crippen LogP contribution in [0.5, 0.6) is 0 Å². The Morgan fingerprint density at radius 2 is 0.774 bits per heavy atom. The van der Waals surface area contributed by atoms with E-state index < -0.39 is 72.1 Å². The molecule has 9 aromatic rings. The molecule has 26 nitrogen and oxygen atoms in total. The van der Waals surface area contributed by atoms with Crippen molar-refractivity contribution in [1.82, 2.24) is 51.2 Å². The number of nitrogens with one attached hydrogen (secondary N) is 4. The number of carbonyl (C=O) groups is 7. The van der Waals surface area contributed by atoms with Crippen LogP contribution in [-0.2, 0) is 82.3 Å². The maximum atomic E-state index is 13.6. The van der Waals surface area contributed by atoms with Crippen molar-refractivity contribution in [3.63, 3.8) is 0 Å². The Bertz CT molecular complexity index is 5670. The molecule has 0 saturated heterocycles. The monoisotopic (exact) mass is 1620 g/mol. The van der Waals surface area contributed by atoms with Crippen LogP contribution in [0.2, 0.25) is 0 Å². The predicted octanol–water partition coefficient (Wildman–Crippen LogP) is 12.4. The first kappa shape index (κ1) is 85.6. The van der Waals surface area contributed by atoms with Gasteiger partial charge in [-0.3, -0.25) is 39.2 Å². The lowest BCUT2D eigenvalue weighted by Crippen LogP contribution is -2.46. The van der Waals surface area contributed by atoms with Gasteiger partial charge in [0.15, 0.2) is 0 Å². The van der Waals surface area contributed by atoms with Crippen LogP contribution in [0.4, 0.5) is 0 Å². The summed E-state index contributed by atoms with van der Waals surface area (Å²) in [5, 5.41) is 24.2. The van der Waals surface area contributed by atoms with Crippen LogP contribution in [-0.4, -0.2) is 166 Å². The molecule has 6 N–H and O–H groups in total. The molecular formula is C85H101BN11O15S3. The number of hydrogen-bond donors (Lipinski definition) is 6. The molecule has 115 heavy (non-hydrogen) atoms. The van der Waals surface area contributed by atoms with Gasteiger partial charge in [-0.15, -0.1) is 0 Å². The lowest BCUT2D eigenvalue weighted by molar-refractivity contribution is -0.142. The first-order valence-electron chi connectivity index (χ1n) is 38.5. The minimum atomic E-state index is -3.97. The number of carboxylic acids is 2. The molecular weight excluding hydrogens is 1520 g/mol. The van der Waals surface area contributed by atoms with Gasteiger partial charge < -0.3 is 23.9 Å². The molecule has 6 aliphatic rings. The maximum absolute atomic E-state index is 13.6. The molecule has 2 unspecified atom stereocenters. The van der Waals surface area contributed by atoms with Crippen LogP contribution in [0.15, 0.2) is 133 Å². The number of carbonyl (C=O) groups excluding carboxylic acids is 5. The number of hydrogen-bond acceptors (Lipinski definition) is 13. The van der Waals surface area contributed by atoms with E-state index in [4.69, 9.17) is 0 Å². The molecule has 6 heterocycles. The molecule has 3 radical (unpaired) electrons. The van der Waals surface area contributed by atoms with Crippen molar-refractivity contribution in [2.24, 2.45) is 11.8 Å². The number of hydrazine groups is 1. The highest BCUT2D eigenvalue weighted by Gasteiger charge is 2.38. The first-order valence-corrected chi connectivity index (χ1v) is 42.8. The molecule has 30 heteroatoms. The second kappa shape index (κ2) is 35.1. The Balaban J connectivity index is 0.000000169. The largest absolute Gasteiger partial charge is 0.481 e. The SMILES string of the molecule is C.CC(=O)NN(C)C(=O)C1Cc2ccccc2-c2c(C3CCCCC3)c3ccc(C(=O)NS(=O)(=O)N(C)C)cc3n2C1.CN(C)S(=O)(=O)NC(=O)c1ccc2c(C3CCCCC3)c3n(c2c1)CC(C(=O)O)=Cc1ccccc1-3.CN(C)S(=O)(=O)NC(=O)c1ccc2c(C3CCCCC3)c3n(c2c1)CC(C(=O)O)Cc1ccccc1-3.[B]. The zero-order valence-corrected chi connectivity index (χ0v) is 67.8. The molecule has 607 valence electrons. The van der Waals surface area contributed by atoms with E-state index in [1.807, 2.05) is 77.4 Å². The molecule has 5 amide bonds. The fourth-order valence-corrected chi connectivity index (χ4v) is 19.0. The van der Waals surface area contributed by atoms with Gasteiger partial charge in [0.05, 0.1) is 41.0 Å². The topological polar surface area (TPSA) is 338 Å². The third kappa shape index (κ3) is 17.6. The molecule has 3 fully saturated rings. The Morgan fingerprint density at radius 3 is 1.14 bits per heavy atom. The van der Waals surface area contributed by atoms with Gasteiger partial charge in [0.25, 0.3) is 17.7 Å². The Morgan fingerprint density at radius 1 is 0.435 bits per heavy atom. The van der Waals surface area contributed by atoms with Crippen molar-refractivity contribution in [1.29, 1.82) is 0 Å². The summed E-state index contributed by atoms with van der Waals surface area (Å²) in [6.07, 6.45) is 19.5. The van der Waals surface area contributed by atoms with Crippen LogP contribution in [0.3, 0.4) is 0 Å². The predicted molar refractivity (Wildman–Crippen MR) is 447 cm³/mol. The van der Waals surface area contributed by atoms with Crippen molar-refractivity contribution in [3.05, 3.63) is 183 Å². The van der Waals surface area contributed by atoms with Crippen LogP contribution in [0, 0.1) is 11.8 Å². The van der Waals surface area contributed by atoms with Gasteiger partial charge in [-0.25, -0.2) is 19.0 Å². The summed E-state index contributed by atoms with van der Waals surface area (Å²) in [7, 11) is -2.21. The lowest BCUT2D eigenvalue weighted by atomic mass is 9.81. The average Bonchev–Trinajstić information content (AvgIpc) is 1.59. The Kier molecular flexibility index (Phi) is 26.1. The smallest absolute Gasteiger partial charge is 0.333 e. The molecule has 0 bridgehead atoms. The summed E-state index contributed by atoms with van der Waals surface area (Å²) in [5.41, 5.74) is 18.4. The quantitative estimate of drug-likeness (QED) is 0.0410. The van der Waals surface area contributed by atoms with Crippen LogP contribution in [0.25, 0.3) is 72.6 Å². The molecule has 6 aromatic carbocycles. The Hall–Kier alpha value is -10.2. The number of fused-ring (bicyclic) bond motifs is 15. The van der Waals surface area contributed by atoms with Gasteiger partial charge in [-0.05, 0) is 145 Å². The summed E-state index contributed by atoms with van der Waals surface area (Å²) < 4.78 is 89.0. The van der Waals surface area contributed by atoms with Crippen molar-refractivity contribution >= 4 is 119 Å². The van der Waals surface area contributed by atoms with E-state index in [0.717, 1.165) is 173 Å². The minimum absolute atomic E-state index is 0. The van der Waals surface area contributed by atoms with E-state index >= 15 is 0 Å². The number of aromatic nitrogens is 3. The molecule has 2 atom stereocenters. The van der Waals surface area contributed by atoms with E-state index in [2.05, 4.69) is 46.9 Å². The second-order valence-corrected chi connectivity index (χ2v) is 36.7. The number of amides is 5. The van der Waals surface area contributed by atoms with Crippen molar-refractivity contribution in [2.75, 3.05) is 49.3 Å². The van der Waals surface area contributed by atoms with Gasteiger partial charge >= 0.3 is 42.6 Å². The fraction of sp³-hybridized carbons (Fsp3) is 0.400. The van der Waals surface area contributed by atoms with Gasteiger partial charge in [-0.2, -0.15) is 38.2 Å². The van der Waals surface area contributed by atoms with Crippen molar-refractivity contribution in [2.45, 2.75) is 161 Å². The van der Waals surface area contributed by atoms with Gasteiger partial charge in [0.1, 0.15) is 0 Å². The van der Waals surface area contributed by atoms with E-state index in [-0.39, 0.29) is 63.0 Å². The number of rotatable bonds is 15. The number of nitrogens with zero attached hydrogens (tertiary/aromatic N) is 7. The molecule has 3 aliphatic heterocycles. The highest BCUT2D eigenvalue weighted by molar-refractivity contribution is 7.88. The molecule has 3 aromatic heterocycles. The Labute approximate surface area is 674 Å². The highest BCUT2D eigenvalue weighted by Crippen LogP contribution is 2.51. The molecule has 3 aliphatic carbocycles. The van der Waals surface area contributed by atoms with E-state index in [1.165, 1.54) is 90.2 Å². The first-order chi connectivity index (χ1) is 53.8. The minimum Gasteiger partial charge on any atom is -0.481 e. The third-order valence-corrected chi connectivity index (χ3v) is 27.2. The molecule has 3 saturated carbocycles. The van der Waals surface area contributed by atoms with Gasteiger partial charge in [-0.1, -0.05) is 156 Å². The van der Waals surface area contributed by atoms with Crippen LogP contribution >= 0.6 is 0 Å². The number of benzene rings is 6. The number of aliphatic carboxylic acids is 2. The number of carboxylic acid groups (broad SMARTS) is 2. The van der Waals surface area contributed by atoms with Crippen molar-refractivity contribution in [3.8, 4) is 33.8 Å². The molecule has 0 spiro atoms. The summed E-state index contributed by atoms with van der Waals surface area (Å²) in [6.45, 7) is 2.13. The molecule has 15 rings (SSSR count). The summed E-state index contributed by atoms with van der Waals surface area (Å²) in [4.78, 5) is 88.6.